The molecule has 0 heterocycles. The van der Waals surface area contributed by atoms with Gasteiger partial charge in [-0.2, -0.15) is 0 Å². The molecule has 8 heteroatoms. The number of alkyl halides is 1. The molecule has 1 aromatic rings. The fourth-order valence-electron chi connectivity index (χ4n) is 1.48. The number of hydrogen-bond acceptors (Lipinski definition) is 3. The van der Waals surface area contributed by atoms with E-state index >= 15 is 0 Å². The molecule has 0 amide bonds. The standard InChI is InChI=1S/C11H14BrCl2NO3S/c1-18-7-10(2-3-12)15-19(16,17)11-5-8(13)4-9(14)6-11/h4-6,10,15H,2-3,7H2,1H3. The van der Waals surface area contributed by atoms with Crippen molar-refractivity contribution in [2.75, 3.05) is 19.0 Å². The third-order valence-electron chi connectivity index (χ3n) is 2.29. The molecule has 108 valence electrons. The minimum atomic E-state index is -3.67. The summed E-state index contributed by atoms with van der Waals surface area (Å²) in [4.78, 5) is 0.0423. The molecular formula is C11H14BrCl2NO3S. The van der Waals surface area contributed by atoms with Gasteiger partial charge >= 0.3 is 0 Å². The highest BCUT2D eigenvalue weighted by Crippen LogP contribution is 2.22. The molecule has 1 N–H and O–H groups in total. The van der Waals surface area contributed by atoms with Crippen LogP contribution in [-0.4, -0.2) is 33.5 Å². The number of sulfonamides is 1. The molecule has 0 radical (unpaired) electrons. The van der Waals surface area contributed by atoms with Crippen LogP contribution in [0.5, 0.6) is 0 Å². The third kappa shape index (κ3) is 5.57. The molecule has 0 aliphatic carbocycles. The summed E-state index contributed by atoms with van der Waals surface area (Å²) in [5.74, 6) is 0. The highest BCUT2D eigenvalue weighted by atomic mass is 79.9. The van der Waals surface area contributed by atoms with Crippen LogP contribution in [0.25, 0.3) is 0 Å². The maximum atomic E-state index is 12.2. The average molecular weight is 391 g/mol. The van der Waals surface area contributed by atoms with E-state index in [-0.39, 0.29) is 21.0 Å². The summed E-state index contributed by atoms with van der Waals surface area (Å²) in [7, 11) is -2.15. The van der Waals surface area contributed by atoms with Crippen molar-refractivity contribution in [1.82, 2.24) is 4.72 Å². The summed E-state index contributed by atoms with van der Waals surface area (Å²) in [6.45, 7) is 0.291. The van der Waals surface area contributed by atoms with Gasteiger partial charge in [-0.25, -0.2) is 13.1 Å². The van der Waals surface area contributed by atoms with E-state index in [1.165, 1.54) is 25.3 Å². The number of rotatable bonds is 7. The van der Waals surface area contributed by atoms with Gasteiger partial charge in [-0.05, 0) is 24.6 Å². The first-order valence-electron chi connectivity index (χ1n) is 5.42. The second-order valence-corrected chi connectivity index (χ2v) is 7.24. The maximum Gasteiger partial charge on any atom is 0.241 e. The van der Waals surface area contributed by atoms with Crippen molar-refractivity contribution >= 4 is 49.2 Å². The first-order valence-corrected chi connectivity index (χ1v) is 8.78. The molecule has 1 rings (SSSR count). The fraction of sp³-hybridized carbons (Fsp3) is 0.455. The quantitative estimate of drug-likeness (QED) is 0.728. The van der Waals surface area contributed by atoms with Crippen LogP contribution in [0.4, 0.5) is 0 Å². The number of hydrogen-bond donors (Lipinski definition) is 1. The molecule has 0 saturated carbocycles. The van der Waals surface area contributed by atoms with Gasteiger partial charge in [0.2, 0.25) is 10.0 Å². The Hall–Kier alpha value is 0.150. The largest absolute Gasteiger partial charge is 0.383 e. The Balaban J connectivity index is 2.95. The first kappa shape index (κ1) is 17.2. The van der Waals surface area contributed by atoms with Crippen LogP contribution in [-0.2, 0) is 14.8 Å². The van der Waals surface area contributed by atoms with E-state index in [2.05, 4.69) is 20.7 Å². The Morgan fingerprint density at radius 1 is 1.32 bits per heavy atom. The Morgan fingerprint density at radius 3 is 2.37 bits per heavy atom. The van der Waals surface area contributed by atoms with Crippen LogP contribution in [0.3, 0.4) is 0 Å². The predicted octanol–water partition coefficient (Wildman–Crippen LogP) is 3.07. The van der Waals surface area contributed by atoms with E-state index in [0.29, 0.717) is 18.4 Å². The lowest BCUT2D eigenvalue weighted by Crippen LogP contribution is -2.38. The number of nitrogens with one attached hydrogen (secondary N) is 1. The topological polar surface area (TPSA) is 55.4 Å². The van der Waals surface area contributed by atoms with Gasteiger partial charge in [0, 0.05) is 28.5 Å². The van der Waals surface area contributed by atoms with Gasteiger partial charge in [-0.15, -0.1) is 0 Å². The van der Waals surface area contributed by atoms with Crippen LogP contribution in [0.2, 0.25) is 10.0 Å². The van der Waals surface area contributed by atoms with Crippen molar-refractivity contribution in [3.8, 4) is 0 Å². The van der Waals surface area contributed by atoms with Crippen LogP contribution < -0.4 is 4.72 Å². The summed E-state index contributed by atoms with van der Waals surface area (Å²) in [6.07, 6.45) is 0.612. The number of halogens is 3. The molecule has 0 spiro atoms. The van der Waals surface area contributed by atoms with Gasteiger partial charge in [-0.3, -0.25) is 0 Å². The van der Waals surface area contributed by atoms with Gasteiger partial charge in [0.05, 0.1) is 11.5 Å². The van der Waals surface area contributed by atoms with Gasteiger partial charge in [0.25, 0.3) is 0 Å². The molecule has 0 bridgehead atoms. The molecule has 4 nitrogen and oxygen atoms in total. The first-order chi connectivity index (χ1) is 8.89. The zero-order valence-electron chi connectivity index (χ0n) is 10.2. The van der Waals surface area contributed by atoms with Crippen molar-refractivity contribution in [1.29, 1.82) is 0 Å². The summed E-state index contributed by atoms with van der Waals surface area (Å²) < 4.78 is 31.9. The monoisotopic (exact) mass is 389 g/mol. The van der Waals surface area contributed by atoms with Crippen molar-refractivity contribution in [3.63, 3.8) is 0 Å². The van der Waals surface area contributed by atoms with Crippen molar-refractivity contribution in [3.05, 3.63) is 28.2 Å². The Morgan fingerprint density at radius 2 is 1.89 bits per heavy atom. The van der Waals surface area contributed by atoms with E-state index in [1.54, 1.807) is 0 Å². The lowest BCUT2D eigenvalue weighted by atomic mass is 10.3. The molecule has 1 unspecified atom stereocenters. The van der Waals surface area contributed by atoms with E-state index in [9.17, 15) is 8.42 Å². The Bertz CT molecular complexity index is 498. The van der Waals surface area contributed by atoms with E-state index in [0.717, 1.165) is 0 Å². The summed E-state index contributed by atoms with van der Waals surface area (Å²) >= 11 is 14.9. The normalized spacial score (nSPS) is 13.5. The van der Waals surface area contributed by atoms with Crippen LogP contribution in [0, 0.1) is 0 Å². The number of ether oxygens (including phenoxy) is 1. The van der Waals surface area contributed by atoms with Gasteiger partial charge in [0.15, 0.2) is 0 Å². The maximum absolute atomic E-state index is 12.2. The zero-order valence-corrected chi connectivity index (χ0v) is 14.1. The molecule has 0 fully saturated rings. The zero-order chi connectivity index (χ0) is 14.5. The molecule has 0 aromatic heterocycles. The summed E-state index contributed by atoms with van der Waals surface area (Å²) in [5, 5.41) is 1.22. The second kappa shape index (κ2) is 7.81. The molecule has 19 heavy (non-hydrogen) atoms. The Labute approximate surface area is 131 Å². The number of benzene rings is 1. The SMILES string of the molecule is COCC(CCBr)NS(=O)(=O)c1cc(Cl)cc(Cl)c1. The minimum Gasteiger partial charge on any atom is -0.383 e. The van der Waals surface area contributed by atoms with Crippen molar-refractivity contribution in [2.45, 2.75) is 17.4 Å². The van der Waals surface area contributed by atoms with Gasteiger partial charge in [0.1, 0.15) is 0 Å². The summed E-state index contributed by atoms with van der Waals surface area (Å²) in [6, 6.07) is 3.88. The highest BCUT2D eigenvalue weighted by Gasteiger charge is 2.20. The second-order valence-electron chi connectivity index (χ2n) is 3.86. The minimum absolute atomic E-state index is 0.0423. The predicted molar refractivity (Wildman–Crippen MR) is 80.9 cm³/mol. The highest BCUT2D eigenvalue weighted by molar-refractivity contribution is 9.09. The molecule has 0 aliphatic heterocycles. The Kier molecular flexibility index (Phi) is 7.07. The van der Waals surface area contributed by atoms with Gasteiger partial charge in [-0.1, -0.05) is 39.1 Å². The van der Waals surface area contributed by atoms with Crippen molar-refractivity contribution in [2.24, 2.45) is 0 Å². The average Bonchev–Trinajstić information content (AvgIpc) is 2.27. The fourth-order valence-corrected chi connectivity index (χ4v) is 4.01. The molecule has 0 aliphatic rings. The lowest BCUT2D eigenvalue weighted by molar-refractivity contribution is 0.173. The van der Waals surface area contributed by atoms with E-state index in [4.69, 9.17) is 27.9 Å². The molecular weight excluding hydrogens is 377 g/mol. The molecule has 1 atom stereocenters. The van der Waals surface area contributed by atoms with Crippen molar-refractivity contribution < 1.29 is 13.2 Å². The lowest BCUT2D eigenvalue weighted by Gasteiger charge is -2.17. The number of methoxy groups -OCH3 is 1. The van der Waals surface area contributed by atoms with Gasteiger partial charge < -0.3 is 4.74 Å². The molecule has 1 aromatic carbocycles. The molecule has 0 saturated heterocycles. The van der Waals surface area contributed by atoms with Crippen LogP contribution in [0.1, 0.15) is 6.42 Å². The van der Waals surface area contributed by atoms with E-state index in [1.807, 2.05) is 0 Å². The van der Waals surface area contributed by atoms with E-state index < -0.39 is 10.0 Å². The summed E-state index contributed by atoms with van der Waals surface area (Å²) in [5.41, 5.74) is 0. The third-order valence-corrected chi connectivity index (χ3v) is 4.69. The smallest absolute Gasteiger partial charge is 0.241 e. The van der Waals surface area contributed by atoms with Crippen LogP contribution >= 0.6 is 39.1 Å². The van der Waals surface area contributed by atoms with Crippen LogP contribution in [0.15, 0.2) is 23.1 Å².